The zero-order valence-corrected chi connectivity index (χ0v) is 14.1. The Hall–Kier alpha value is -3.34. The lowest BCUT2D eigenvalue weighted by Crippen LogP contribution is -2.00. The smallest absolute Gasteiger partial charge is 0.154 e. The lowest BCUT2D eigenvalue weighted by atomic mass is 10.1. The van der Waals surface area contributed by atoms with Crippen molar-refractivity contribution in [2.24, 2.45) is 4.99 Å². The standard InChI is InChI=1S/C20H17N5/c1-14-4-3-5-20(24-14)25-19-11-16(6-7-17(19)13-23-25)18-10-15(12-21-2)8-9-22-18/h3-13H,1-2H3/b21-12+. The third-order valence-electron chi connectivity index (χ3n) is 4.02. The third kappa shape index (κ3) is 2.92. The molecule has 0 N–H and O–H groups in total. The summed E-state index contributed by atoms with van der Waals surface area (Å²) in [5, 5.41) is 5.57. The van der Waals surface area contributed by atoms with E-state index in [1.807, 2.05) is 54.3 Å². The molecule has 0 radical (unpaired) electrons. The molecule has 0 aliphatic carbocycles. The molecule has 4 aromatic rings. The maximum absolute atomic E-state index is 4.57. The number of benzene rings is 1. The number of aromatic nitrogens is 4. The predicted molar refractivity (Wildman–Crippen MR) is 100 cm³/mol. The van der Waals surface area contributed by atoms with Crippen LogP contribution in [0.4, 0.5) is 0 Å². The number of fused-ring (bicyclic) bond motifs is 1. The van der Waals surface area contributed by atoms with Gasteiger partial charge in [0.25, 0.3) is 0 Å². The molecule has 0 bridgehead atoms. The summed E-state index contributed by atoms with van der Waals surface area (Å²) in [6.45, 7) is 1.98. The first-order valence-electron chi connectivity index (χ1n) is 8.05. The van der Waals surface area contributed by atoms with Crippen molar-refractivity contribution in [3.8, 4) is 17.1 Å². The zero-order valence-electron chi connectivity index (χ0n) is 14.1. The van der Waals surface area contributed by atoms with Crippen LogP contribution in [0, 0.1) is 6.92 Å². The van der Waals surface area contributed by atoms with Crippen molar-refractivity contribution in [2.45, 2.75) is 6.92 Å². The van der Waals surface area contributed by atoms with E-state index in [0.717, 1.165) is 39.2 Å². The monoisotopic (exact) mass is 327 g/mol. The molecule has 0 aliphatic rings. The molecule has 3 heterocycles. The van der Waals surface area contributed by atoms with E-state index in [2.05, 4.69) is 38.3 Å². The van der Waals surface area contributed by atoms with Crippen molar-refractivity contribution in [1.82, 2.24) is 19.7 Å². The lowest BCUT2D eigenvalue weighted by Gasteiger charge is -2.06. The molecule has 0 atom stereocenters. The molecular formula is C20H17N5. The van der Waals surface area contributed by atoms with Gasteiger partial charge in [0, 0.05) is 36.1 Å². The molecule has 0 unspecified atom stereocenters. The molecule has 25 heavy (non-hydrogen) atoms. The highest BCUT2D eigenvalue weighted by Crippen LogP contribution is 2.25. The number of pyridine rings is 2. The van der Waals surface area contributed by atoms with Crippen molar-refractivity contribution in [2.75, 3.05) is 7.05 Å². The number of aryl methyl sites for hydroxylation is 1. The molecule has 122 valence electrons. The summed E-state index contributed by atoms with van der Waals surface area (Å²) in [6, 6.07) is 16.1. The fourth-order valence-electron chi connectivity index (χ4n) is 2.84. The van der Waals surface area contributed by atoms with Gasteiger partial charge in [-0.2, -0.15) is 5.10 Å². The van der Waals surface area contributed by atoms with E-state index in [1.165, 1.54) is 0 Å². The first-order chi connectivity index (χ1) is 12.2. The number of nitrogens with zero attached hydrogens (tertiary/aromatic N) is 5. The quantitative estimate of drug-likeness (QED) is 0.537. The molecule has 0 saturated heterocycles. The average molecular weight is 327 g/mol. The van der Waals surface area contributed by atoms with Gasteiger partial charge in [-0.1, -0.05) is 18.2 Å². The van der Waals surface area contributed by atoms with Crippen molar-refractivity contribution in [3.63, 3.8) is 0 Å². The van der Waals surface area contributed by atoms with Gasteiger partial charge in [-0.25, -0.2) is 9.67 Å². The van der Waals surface area contributed by atoms with Gasteiger partial charge in [0.15, 0.2) is 5.82 Å². The largest absolute Gasteiger partial charge is 0.296 e. The second kappa shape index (κ2) is 6.28. The van der Waals surface area contributed by atoms with Crippen LogP contribution in [0.25, 0.3) is 28.0 Å². The number of hydrogen-bond acceptors (Lipinski definition) is 4. The zero-order chi connectivity index (χ0) is 17.2. The molecule has 3 aromatic heterocycles. The minimum Gasteiger partial charge on any atom is -0.296 e. The topological polar surface area (TPSA) is 56.0 Å². The minimum absolute atomic E-state index is 0.812. The number of aliphatic imine (C=N–C) groups is 1. The summed E-state index contributed by atoms with van der Waals surface area (Å²) >= 11 is 0. The second-order valence-electron chi connectivity index (χ2n) is 5.83. The summed E-state index contributed by atoms with van der Waals surface area (Å²) in [6.07, 6.45) is 5.48. The minimum atomic E-state index is 0.812. The maximum atomic E-state index is 4.57. The van der Waals surface area contributed by atoms with Crippen LogP contribution in [-0.2, 0) is 0 Å². The van der Waals surface area contributed by atoms with Gasteiger partial charge in [-0.05, 0) is 42.8 Å². The molecule has 0 spiro atoms. The Balaban J connectivity index is 1.85. The Kier molecular flexibility index (Phi) is 3.82. The molecule has 5 heteroatoms. The number of hydrogen-bond donors (Lipinski definition) is 0. The Morgan fingerprint density at radius 1 is 1.08 bits per heavy atom. The van der Waals surface area contributed by atoms with Crippen LogP contribution < -0.4 is 0 Å². The molecule has 0 amide bonds. The predicted octanol–water partition coefficient (Wildman–Crippen LogP) is 3.84. The van der Waals surface area contributed by atoms with Crippen LogP contribution in [0.3, 0.4) is 0 Å². The van der Waals surface area contributed by atoms with Gasteiger partial charge >= 0.3 is 0 Å². The first-order valence-corrected chi connectivity index (χ1v) is 8.05. The van der Waals surface area contributed by atoms with Crippen molar-refractivity contribution in [1.29, 1.82) is 0 Å². The molecular weight excluding hydrogens is 310 g/mol. The van der Waals surface area contributed by atoms with Crippen molar-refractivity contribution < 1.29 is 0 Å². The summed E-state index contributed by atoms with van der Waals surface area (Å²) in [4.78, 5) is 13.1. The Morgan fingerprint density at radius 3 is 2.84 bits per heavy atom. The average Bonchev–Trinajstić information content (AvgIpc) is 3.05. The fraction of sp³-hybridized carbons (Fsp3) is 0.100. The Morgan fingerprint density at radius 2 is 2.00 bits per heavy atom. The number of rotatable bonds is 3. The molecule has 0 aliphatic heterocycles. The highest BCUT2D eigenvalue weighted by atomic mass is 15.3. The maximum Gasteiger partial charge on any atom is 0.154 e. The van der Waals surface area contributed by atoms with E-state index < -0.39 is 0 Å². The normalized spacial score (nSPS) is 11.4. The van der Waals surface area contributed by atoms with Gasteiger partial charge < -0.3 is 0 Å². The van der Waals surface area contributed by atoms with E-state index >= 15 is 0 Å². The highest BCUT2D eigenvalue weighted by molar-refractivity contribution is 5.86. The molecule has 0 saturated carbocycles. The summed E-state index contributed by atoms with van der Waals surface area (Å²) in [5.74, 6) is 0.812. The Labute approximate surface area is 145 Å². The molecule has 0 fully saturated rings. The van der Waals surface area contributed by atoms with Crippen LogP contribution >= 0.6 is 0 Å². The SMILES string of the molecule is C/N=C/c1ccnc(-c2ccc3cnn(-c4cccc(C)n4)c3c2)c1. The van der Waals surface area contributed by atoms with Crippen LogP contribution in [0.15, 0.2) is 65.9 Å². The second-order valence-corrected chi connectivity index (χ2v) is 5.83. The van der Waals surface area contributed by atoms with Crippen LogP contribution in [0.5, 0.6) is 0 Å². The lowest BCUT2D eigenvalue weighted by molar-refractivity contribution is 0.867. The van der Waals surface area contributed by atoms with Gasteiger partial charge in [-0.15, -0.1) is 0 Å². The summed E-state index contributed by atoms with van der Waals surface area (Å²) in [7, 11) is 1.76. The Bertz CT molecular complexity index is 1080. The molecule has 1 aromatic carbocycles. The van der Waals surface area contributed by atoms with E-state index in [0.29, 0.717) is 0 Å². The first kappa shape index (κ1) is 15.2. The van der Waals surface area contributed by atoms with Gasteiger partial charge in [0.2, 0.25) is 0 Å². The van der Waals surface area contributed by atoms with E-state index in [-0.39, 0.29) is 0 Å². The molecule has 4 rings (SSSR count). The van der Waals surface area contributed by atoms with Crippen molar-refractivity contribution in [3.05, 3.63) is 72.2 Å². The van der Waals surface area contributed by atoms with Gasteiger partial charge in [-0.3, -0.25) is 9.98 Å². The summed E-state index contributed by atoms with van der Waals surface area (Å²) in [5.41, 5.74) is 4.94. The third-order valence-corrected chi connectivity index (χ3v) is 4.02. The summed E-state index contributed by atoms with van der Waals surface area (Å²) < 4.78 is 1.86. The van der Waals surface area contributed by atoms with Gasteiger partial charge in [0.1, 0.15) is 0 Å². The fourth-order valence-corrected chi connectivity index (χ4v) is 2.84. The van der Waals surface area contributed by atoms with Crippen LogP contribution in [0.1, 0.15) is 11.3 Å². The van der Waals surface area contributed by atoms with E-state index in [1.54, 1.807) is 13.2 Å². The van der Waals surface area contributed by atoms with Crippen LogP contribution in [-0.4, -0.2) is 33.0 Å². The van der Waals surface area contributed by atoms with Crippen molar-refractivity contribution >= 4 is 17.1 Å². The molecule has 5 nitrogen and oxygen atoms in total. The highest BCUT2D eigenvalue weighted by Gasteiger charge is 2.09. The van der Waals surface area contributed by atoms with Crippen LogP contribution in [0.2, 0.25) is 0 Å². The van der Waals surface area contributed by atoms with E-state index in [9.17, 15) is 0 Å². The van der Waals surface area contributed by atoms with Gasteiger partial charge in [0.05, 0.1) is 17.4 Å². The van der Waals surface area contributed by atoms with E-state index in [4.69, 9.17) is 0 Å².